The number of aryl methyl sites for hydroxylation is 1. The zero-order valence-corrected chi connectivity index (χ0v) is 12.7. The molecule has 1 heterocycles. The maximum absolute atomic E-state index is 13.3. The van der Waals surface area contributed by atoms with E-state index in [9.17, 15) is 17.6 Å². The van der Waals surface area contributed by atoms with Crippen molar-refractivity contribution >= 4 is 27.1 Å². The molecule has 112 valence electrons. The molecular formula is C13H12FNO4S2. The van der Waals surface area contributed by atoms with E-state index in [0.717, 1.165) is 23.2 Å². The van der Waals surface area contributed by atoms with Gasteiger partial charge in [0.2, 0.25) is 0 Å². The summed E-state index contributed by atoms with van der Waals surface area (Å²) >= 11 is 1.37. The van der Waals surface area contributed by atoms with Crippen LogP contribution in [0.1, 0.15) is 28.0 Å². The lowest BCUT2D eigenvalue weighted by molar-refractivity contribution is 0.0691. The number of rotatable bonds is 5. The fourth-order valence-electron chi connectivity index (χ4n) is 1.72. The minimum Gasteiger partial charge on any atom is -0.478 e. The number of carbonyl (C=O) groups is 1. The Labute approximate surface area is 125 Å². The first-order valence-corrected chi connectivity index (χ1v) is 8.55. The van der Waals surface area contributed by atoms with E-state index >= 15 is 0 Å². The van der Waals surface area contributed by atoms with Gasteiger partial charge >= 0.3 is 5.97 Å². The summed E-state index contributed by atoms with van der Waals surface area (Å²) in [4.78, 5) is 14.8. The van der Waals surface area contributed by atoms with Crippen molar-refractivity contribution in [3.8, 4) is 0 Å². The third-order valence-corrected chi connectivity index (χ3v) is 5.46. The second-order valence-electron chi connectivity index (χ2n) is 4.29. The standard InChI is InChI=1S/C13H12FNO4S2/c1-2-12-15-8(6-20-12)7-21(18,19)9-3-4-11(14)10(5-9)13(16)17/h3-6H,2,7H2,1H3,(H,16,17). The first-order valence-electron chi connectivity index (χ1n) is 6.02. The van der Waals surface area contributed by atoms with Gasteiger partial charge < -0.3 is 5.11 Å². The highest BCUT2D eigenvalue weighted by molar-refractivity contribution is 7.90. The average molecular weight is 329 g/mol. The lowest BCUT2D eigenvalue weighted by Crippen LogP contribution is -2.08. The zero-order chi connectivity index (χ0) is 15.6. The van der Waals surface area contributed by atoms with Crippen LogP contribution in [0.25, 0.3) is 0 Å². The van der Waals surface area contributed by atoms with Crippen molar-refractivity contribution in [1.29, 1.82) is 0 Å². The van der Waals surface area contributed by atoms with Crippen LogP contribution in [0.5, 0.6) is 0 Å². The van der Waals surface area contributed by atoms with Crippen LogP contribution < -0.4 is 0 Å². The minimum atomic E-state index is -3.77. The predicted octanol–water partition coefficient (Wildman–Crippen LogP) is 2.52. The minimum absolute atomic E-state index is 0.229. The summed E-state index contributed by atoms with van der Waals surface area (Å²) in [6.07, 6.45) is 0.713. The predicted molar refractivity (Wildman–Crippen MR) is 75.7 cm³/mol. The van der Waals surface area contributed by atoms with Gasteiger partial charge in [0.1, 0.15) is 5.82 Å². The van der Waals surface area contributed by atoms with E-state index in [1.807, 2.05) is 6.92 Å². The Morgan fingerprint density at radius 1 is 1.43 bits per heavy atom. The van der Waals surface area contributed by atoms with Crippen LogP contribution in [0.15, 0.2) is 28.5 Å². The Bertz CT molecular complexity index is 783. The summed E-state index contributed by atoms with van der Waals surface area (Å²) in [5.74, 6) is -2.82. The smallest absolute Gasteiger partial charge is 0.338 e. The second kappa shape index (κ2) is 5.90. The van der Waals surface area contributed by atoms with E-state index in [2.05, 4.69) is 4.98 Å². The molecule has 0 unspecified atom stereocenters. The highest BCUT2D eigenvalue weighted by Gasteiger charge is 2.21. The molecule has 21 heavy (non-hydrogen) atoms. The highest BCUT2D eigenvalue weighted by Crippen LogP contribution is 2.21. The summed E-state index contributed by atoms with van der Waals surface area (Å²) in [5, 5.41) is 11.3. The summed E-state index contributed by atoms with van der Waals surface area (Å²) in [6.45, 7) is 1.91. The molecule has 2 aromatic rings. The molecule has 5 nitrogen and oxygen atoms in total. The first kappa shape index (κ1) is 15.6. The van der Waals surface area contributed by atoms with E-state index in [0.29, 0.717) is 12.1 Å². The number of aromatic carboxylic acids is 1. The zero-order valence-electron chi connectivity index (χ0n) is 11.0. The lowest BCUT2D eigenvalue weighted by atomic mass is 10.2. The molecule has 0 fully saturated rings. The molecule has 1 N–H and O–H groups in total. The van der Waals surface area contributed by atoms with Crippen LogP contribution in [0.3, 0.4) is 0 Å². The molecule has 0 spiro atoms. The molecule has 0 aliphatic heterocycles. The fraction of sp³-hybridized carbons (Fsp3) is 0.231. The maximum Gasteiger partial charge on any atom is 0.338 e. The van der Waals surface area contributed by atoms with Crippen molar-refractivity contribution in [2.75, 3.05) is 0 Å². The molecule has 0 bridgehead atoms. The van der Waals surface area contributed by atoms with Crippen molar-refractivity contribution in [1.82, 2.24) is 4.98 Å². The van der Waals surface area contributed by atoms with Crippen LogP contribution >= 0.6 is 11.3 Å². The van der Waals surface area contributed by atoms with Gasteiger partial charge in [-0.2, -0.15) is 0 Å². The van der Waals surface area contributed by atoms with E-state index in [-0.39, 0.29) is 10.6 Å². The number of carboxylic acid groups (broad SMARTS) is 1. The molecule has 0 saturated carbocycles. The van der Waals surface area contributed by atoms with Gasteiger partial charge in [-0.1, -0.05) is 6.92 Å². The molecule has 0 amide bonds. The first-order chi connectivity index (χ1) is 9.83. The Hall–Kier alpha value is -1.80. The molecule has 0 aliphatic carbocycles. The summed E-state index contributed by atoms with van der Waals surface area (Å²) in [6, 6.07) is 2.74. The molecule has 1 aromatic heterocycles. The van der Waals surface area contributed by atoms with Gasteiger partial charge in [-0.3, -0.25) is 0 Å². The van der Waals surface area contributed by atoms with Crippen LogP contribution in [0.4, 0.5) is 4.39 Å². The Kier molecular flexibility index (Phi) is 4.38. The third kappa shape index (κ3) is 3.45. The normalized spacial score (nSPS) is 11.5. The topological polar surface area (TPSA) is 84.3 Å². The van der Waals surface area contributed by atoms with Crippen LogP contribution in [-0.2, 0) is 22.0 Å². The van der Waals surface area contributed by atoms with Gasteiger partial charge in [-0.25, -0.2) is 22.6 Å². The Morgan fingerprint density at radius 3 is 2.71 bits per heavy atom. The molecule has 0 atom stereocenters. The summed E-state index contributed by atoms with van der Waals surface area (Å²) in [5.41, 5.74) is -0.262. The highest BCUT2D eigenvalue weighted by atomic mass is 32.2. The molecular weight excluding hydrogens is 317 g/mol. The average Bonchev–Trinajstić information content (AvgIpc) is 2.85. The van der Waals surface area contributed by atoms with E-state index in [1.54, 1.807) is 5.38 Å². The van der Waals surface area contributed by atoms with Crippen LogP contribution in [-0.4, -0.2) is 24.5 Å². The summed E-state index contributed by atoms with van der Waals surface area (Å²) in [7, 11) is -3.77. The number of thiazole rings is 1. The summed E-state index contributed by atoms with van der Waals surface area (Å²) < 4.78 is 37.8. The van der Waals surface area contributed by atoms with Gasteiger partial charge in [0, 0.05) is 5.38 Å². The largest absolute Gasteiger partial charge is 0.478 e. The SMILES string of the molecule is CCc1nc(CS(=O)(=O)c2ccc(F)c(C(=O)O)c2)cs1. The van der Waals surface area contributed by atoms with Gasteiger partial charge in [-0.05, 0) is 24.6 Å². The maximum atomic E-state index is 13.3. The van der Waals surface area contributed by atoms with Crippen molar-refractivity contribution in [2.24, 2.45) is 0 Å². The van der Waals surface area contributed by atoms with Gasteiger partial charge in [0.25, 0.3) is 0 Å². The van der Waals surface area contributed by atoms with Crippen molar-refractivity contribution in [3.63, 3.8) is 0 Å². The molecule has 0 radical (unpaired) electrons. The number of hydrogen-bond acceptors (Lipinski definition) is 5. The van der Waals surface area contributed by atoms with Crippen molar-refractivity contribution < 1.29 is 22.7 Å². The number of nitrogens with zero attached hydrogens (tertiary/aromatic N) is 1. The third-order valence-electron chi connectivity index (χ3n) is 2.77. The monoisotopic (exact) mass is 329 g/mol. The molecule has 8 heteroatoms. The Balaban J connectivity index is 2.35. The quantitative estimate of drug-likeness (QED) is 0.852. The number of benzene rings is 1. The fourth-order valence-corrected chi connectivity index (χ4v) is 3.84. The Morgan fingerprint density at radius 2 is 2.14 bits per heavy atom. The number of halogens is 1. The van der Waals surface area contributed by atoms with Gasteiger partial charge in [0.05, 0.1) is 26.9 Å². The van der Waals surface area contributed by atoms with Crippen LogP contribution in [0, 0.1) is 5.82 Å². The van der Waals surface area contributed by atoms with Crippen molar-refractivity contribution in [3.05, 3.63) is 45.7 Å². The van der Waals surface area contributed by atoms with E-state index < -0.39 is 27.2 Å². The van der Waals surface area contributed by atoms with Crippen LogP contribution in [0.2, 0.25) is 0 Å². The van der Waals surface area contributed by atoms with Crippen molar-refractivity contribution in [2.45, 2.75) is 24.0 Å². The number of aromatic nitrogens is 1. The molecule has 0 aliphatic rings. The molecule has 1 aromatic carbocycles. The van der Waals surface area contributed by atoms with E-state index in [4.69, 9.17) is 5.11 Å². The lowest BCUT2D eigenvalue weighted by Gasteiger charge is -2.04. The molecule has 0 saturated heterocycles. The molecule has 2 rings (SSSR count). The number of carboxylic acids is 1. The number of hydrogen-bond donors (Lipinski definition) is 1. The van der Waals surface area contributed by atoms with Gasteiger partial charge in [0.15, 0.2) is 9.84 Å². The van der Waals surface area contributed by atoms with E-state index in [1.165, 1.54) is 11.3 Å². The second-order valence-corrected chi connectivity index (χ2v) is 7.22. The van der Waals surface area contributed by atoms with Gasteiger partial charge in [-0.15, -0.1) is 11.3 Å². The number of sulfone groups is 1.